The van der Waals surface area contributed by atoms with Crippen LogP contribution >= 0.6 is 0 Å². The van der Waals surface area contributed by atoms with Gasteiger partial charge in [-0.2, -0.15) is 0 Å². The molecule has 222 valence electrons. The van der Waals surface area contributed by atoms with Gasteiger partial charge >= 0.3 is 0 Å². The summed E-state index contributed by atoms with van der Waals surface area (Å²) in [6.45, 7) is 4.21. The van der Waals surface area contributed by atoms with Gasteiger partial charge in [0.25, 0.3) is 0 Å². The average molecular weight is 597 g/mol. The van der Waals surface area contributed by atoms with Crippen molar-refractivity contribution in [3.8, 4) is 28.0 Å². The number of rotatable bonds is 5. The molecule has 46 heavy (non-hydrogen) atoms. The van der Waals surface area contributed by atoms with Crippen LogP contribution in [0.15, 0.2) is 144 Å². The molecule has 2 atom stereocenters. The summed E-state index contributed by atoms with van der Waals surface area (Å²) in [4.78, 5) is 2.37. The van der Waals surface area contributed by atoms with Crippen LogP contribution < -0.4 is 15.0 Å². The summed E-state index contributed by atoms with van der Waals surface area (Å²) in [6, 6.07) is 47.5. The molecule has 4 nitrogen and oxygen atoms in total. The fourth-order valence-corrected chi connectivity index (χ4v) is 7.16. The van der Waals surface area contributed by atoms with E-state index in [-0.39, 0.29) is 12.1 Å². The van der Waals surface area contributed by atoms with Crippen molar-refractivity contribution in [1.29, 1.82) is 0 Å². The summed E-state index contributed by atoms with van der Waals surface area (Å²) < 4.78 is 12.7. The summed E-state index contributed by atoms with van der Waals surface area (Å²) in [6.07, 6.45) is 1.75. The van der Waals surface area contributed by atoms with Crippen molar-refractivity contribution >= 4 is 33.7 Å². The number of aryl methyl sites for hydroxylation is 2. The van der Waals surface area contributed by atoms with Crippen molar-refractivity contribution < 1.29 is 9.15 Å². The Balaban J connectivity index is 1.18. The van der Waals surface area contributed by atoms with Gasteiger partial charge in [-0.15, -0.1) is 0 Å². The van der Waals surface area contributed by atoms with Crippen LogP contribution in [0.3, 0.4) is 0 Å². The second-order valence-corrected chi connectivity index (χ2v) is 12.4. The third kappa shape index (κ3) is 4.29. The predicted molar refractivity (Wildman–Crippen MR) is 188 cm³/mol. The molecule has 0 radical (unpaired) electrons. The molecule has 4 heteroatoms. The molecule has 2 unspecified atom stereocenters. The standard InChI is InChI=1S/C42H32N2O2/c1-26-13-17-33-36(25-45-39(33)21-26)32-19-15-28(23-37(32)43-30-9-5-3-6-10-30)29-16-20-34-38(24-29)44(31-11-7-4-8-12-31)42-41(34)35-18-14-27(2)22-40(35)46-42/h3-25,41-43H,1-2H3. The minimum atomic E-state index is -0.125. The van der Waals surface area contributed by atoms with Gasteiger partial charge < -0.3 is 19.4 Å². The second-order valence-electron chi connectivity index (χ2n) is 12.4. The minimum Gasteiger partial charge on any atom is -0.469 e. The molecule has 0 saturated heterocycles. The summed E-state index contributed by atoms with van der Waals surface area (Å²) in [5.74, 6) is 1.13. The third-order valence-electron chi connectivity index (χ3n) is 9.38. The molecular weight excluding hydrogens is 564 g/mol. The number of para-hydroxylation sites is 2. The van der Waals surface area contributed by atoms with E-state index in [0.29, 0.717) is 0 Å². The van der Waals surface area contributed by atoms with Gasteiger partial charge in [-0.05, 0) is 90.2 Å². The van der Waals surface area contributed by atoms with Crippen LogP contribution in [0.4, 0.5) is 22.7 Å². The largest absolute Gasteiger partial charge is 0.469 e. The monoisotopic (exact) mass is 596 g/mol. The number of nitrogens with one attached hydrogen (secondary N) is 1. The average Bonchev–Trinajstić information content (AvgIpc) is 3.75. The number of ether oxygens (including phenoxy) is 1. The Labute approximate surface area is 268 Å². The first-order valence-corrected chi connectivity index (χ1v) is 15.8. The van der Waals surface area contributed by atoms with E-state index in [0.717, 1.165) is 56.0 Å². The maximum Gasteiger partial charge on any atom is 0.187 e. The molecule has 9 rings (SSSR count). The zero-order chi connectivity index (χ0) is 30.8. The quantitative estimate of drug-likeness (QED) is 0.214. The molecule has 7 aromatic rings. The molecule has 1 aromatic heterocycles. The lowest BCUT2D eigenvalue weighted by atomic mass is 9.91. The number of anilines is 4. The van der Waals surface area contributed by atoms with Crippen LogP contribution in [0.2, 0.25) is 0 Å². The maximum atomic E-state index is 6.70. The Kier molecular flexibility index (Phi) is 6.04. The predicted octanol–water partition coefficient (Wildman–Crippen LogP) is 11.1. The van der Waals surface area contributed by atoms with E-state index in [2.05, 4.69) is 151 Å². The van der Waals surface area contributed by atoms with Gasteiger partial charge in [0.2, 0.25) is 0 Å². The van der Waals surface area contributed by atoms with Crippen LogP contribution in [0.5, 0.6) is 5.75 Å². The second kappa shape index (κ2) is 10.4. The van der Waals surface area contributed by atoms with Crippen molar-refractivity contribution in [2.24, 2.45) is 0 Å². The minimum absolute atomic E-state index is 0.125. The Morgan fingerprint density at radius 2 is 1.35 bits per heavy atom. The van der Waals surface area contributed by atoms with Gasteiger partial charge in [0, 0.05) is 44.8 Å². The molecular formula is C42H32N2O2. The first kappa shape index (κ1) is 26.6. The van der Waals surface area contributed by atoms with Crippen LogP contribution in [0, 0.1) is 13.8 Å². The highest BCUT2D eigenvalue weighted by Gasteiger charge is 2.47. The number of hydrogen-bond acceptors (Lipinski definition) is 4. The van der Waals surface area contributed by atoms with Gasteiger partial charge in [0.15, 0.2) is 6.23 Å². The molecule has 6 aromatic carbocycles. The fraction of sp³-hybridized carbons (Fsp3) is 0.0952. The molecule has 3 heterocycles. The molecule has 0 saturated carbocycles. The van der Waals surface area contributed by atoms with Gasteiger partial charge in [-0.3, -0.25) is 0 Å². The molecule has 0 fully saturated rings. The first-order chi connectivity index (χ1) is 22.6. The highest BCUT2D eigenvalue weighted by molar-refractivity contribution is 5.99. The van der Waals surface area contributed by atoms with E-state index in [1.807, 2.05) is 12.3 Å². The zero-order valence-corrected chi connectivity index (χ0v) is 25.7. The SMILES string of the molecule is Cc1ccc2c(c1)OC1C2c2ccc(-c3ccc(-c4coc5cc(C)ccc45)c(Nc4ccccc4)c3)cc2N1c1ccccc1. The Bertz CT molecular complexity index is 2250. The first-order valence-electron chi connectivity index (χ1n) is 15.8. The maximum absolute atomic E-state index is 6.70. The molecule has 0 aliphatic carbocycles. The Hall–Kier alpha value is -5.74. The zero-order valence-electron chi connectivity index (χ0n) is 25.7. The summed E-state index contributed by atoms with van der Waals surface area (Å²) >= 11 is 0. The van der Waals surface area contributed by atoms with E-state index >= 15 is 0 Å². The van der Waals surface area contributed by atoms with Crippen LogP contribution in [-0.2, 0) is 0 Å². The van der Waals surface area contributed by atoms with Crippen LogP contribution in [0.25, 0.3) is 33.2 Å². The molecule has 0 amide bonds. The summed E-state index contributed by atoms with van der Waals surface area (Å²) in [5.41, 5.74) is 14.7. The van der Waals surface area contributed by atoms with Crippen molar-refractivity contribution in [2.75, 3.05) is 10.2 Å². The normalized spacial score (nSPS) is 16.2. The van der Waals surface area contributed by atoms with Crippen molar-refractivity contribution in [3.05, 3.63) is 162 Å². The molecule has 0 spiro atoms. The highest BCUT2D eigenvalue weighted by atomic mass is 16.5. The lowest BCUT2D eigenvalue weighted by Crippen LogP contribution is -2.32. The van der Waals surface area contributed by atoms with Crippen LogP contribution in [0.1, 0.15) is 28.2 Å². The molecule has 2 aliphatic rings. The van der Waals surface area contributed by atoms with E-state index in [1.54, 1.807) is 0 Å². The van der Waals surface area contributed by atoms with Gasteiger partial charge in [-0.1, -0.05) is 84.9 Å². The number of fused-ring (bicyclic) bond motifs is 6. The lowest BCUT2D eigenvalue weighted by molar-refractivity contribution is 0.234. The lowest BCUT2D eigenvalue weighted by Gasteiger charge is -2.27. The van der Waals surface area contributed by atoms with Crippen molar-refractivity contribution in [3.63, 3.8) is 0 Å². The molecule has 2 aliphatic heterocycles. The van der Waals surface area contributed by atoms with Crippen molar-refractivity contribution in [1.82, 2.24) is 0 Å². The molecule has 1 N–H and O–H groups in total. The topological polar surface area (TPSA) is 37.6 Å². The number of nitrogens with zero attached hydrogens (tertiary/aromatic N) is 1. The number of benzene rings is 6. The summed E-state index contributed by atoms with van der Waals surface area (Å²) in [7, 11) is 0. The highest BCUT2D eigenvalue weighted by Crippen LogP contribution is 2.55. The van der Waals surface area contributed by atoms with Gasteiger partial charge in [0.05, 0.1) is 12.2 Å². The molecule has 0 bridgehead atoms. The van der Waals surface area contributed by atoms with E-state index in [9.17, 15) is 0 Å². The number of furan rings is 1. The van der Waals surface area contributed by atoms with Crippen molar-refractivity contribution in [2.45, 2.75) is 26.0 Å². The van der Waals surface area contributed by atoms with E-state index in [4.69, 9.17) is 9.15 Å². The van der Waals surface area contributed by atoms with E-state index < -0.39 is 0 Å². The third-order valence-corrected chi connectivity index (χ3v) is 9.38. The van der Waals surface area contributed by atoms with Gasteiger partial charge in [-0.25, -0.2) is 0 Å². The Morgan fingerprint density at radius 1 is 0.630 bits per heavy atom. The fourth-order valence-electron chi connectivity index (χ4n) is 7.16. The Morgan fingerprint density at radius 3 is 2.20 bits per heavy atom. The smallest absolute Gasteiger partial charge is 0.187 e. The summed E-state index contributed by atoms with van der Waals surface area (Å²) in [5, 5.41) is 4.81. The van der Waals surface area contributed by atoms with Gasteiger partial charge in [0.1, 0.15) is 11.3 Å². The van der Waals surface area contributed by atoms with Crippen LogP contribution in [-0.4, -0.2) is 6.23 Å². The van der Waals surface area contributed by atoms with E-state index in [1.165, 1.54) is 27.9 Å². The number of hydrogen-bond donors (Lipinski definition) is 1.